The maximum Gasteiger partial charge on any atom is -0.0351 e. The van der Waals surface area contributed by atoms with E-state index in [1.54, 1.807) is 0 Å². The molecule has 0 saturated carbocycles. The zero-order valence-electron chi connectivity index (χ0n) is 14.6. The summed E-state index contributed by atoms with van der Waals surface area (Å²) in [7, 11) is 0. The molecule has 0 heteroatoms. The van der Waals surface area contributed by atoms with Crippen LogP contribution in [0.5, 0.6) is 0 Å². The Bertz CT molecular complexity index is 192. The van der Waals surface area contributed by atoms with Crippen LogP contribution in [0.15, 0.2) is 12.2 Å². The largest absolute Gasteiger partial charge is 0.0885 e. The van der Waals surface area contributed by atoms with Gasteiger partial charge < -0.3 is 0 Å². The van der Waals surface area contributed by atoms with Crippen molar-refractivity contribution in [1.82, 2.24) is 0 Å². The second kappa shape index (κ2) is 16.8. The Balaban J connectivity index is 3.16. The molecule has 120 valence electrons. The molecule has 0 aliphatic carbocycles. The summed E-state index contributed by atoms with van der Waals surface area (Å²) in [6.45, 7) is 6.99. The first-order valence-corrected chi connectivity index (χ1v) is 9.46. The van der Waals surface area contributed by atoms with Gasteiger partial charge in [0.1, 0.15) is 0 Å². The first-order chi connectivity index (χ1) is 9.81. The molecule has 0 spiro atoms. The predicted octanol–water partition coefficient (Wildman–Crippen LogP) is 7.68. The van der Waals surface area contributed by atoms with Gasteiger partial charge in [0, 0.05) is 0 Å². The minimum atomic E-state index is 0.937. The van der Waals surface area contributed by atoms with Crippen LogP contribution in [0.2, 0.25) is 0 Å². The molecule has 0 fully saturated rings. The van der Waals surface area contributed by atoms with Crippen LogP contribution in [-0.4, -0.2) is 0 Å². The Morgan fingerprint density at radius 3 is 1.75 bits per heavy atom. The van der Waals surface area contributed by atoms with Gasteiger partial charge >= 0.3 is 0 Å². The average Bonchev–Trinajstić information content (AvgIpc) is 2.46. The lowest BCUT2D eigenvalue weighted by Crippen LogP contribution is -1.93. The summed E-state index contributed by atoms with van der Waals surface area (Å²) in [4.78, 5) is 0. The smallest absolute Gasteiger partial charge is 0.0351 e. The number of allylic oxidation sites excluding steroid dienone is 2. The van der Waals surface area contributed by atoms with Crippen LogP contribution < -0.4 is 0 Å². The maximum absolute atomic E-state index is 2.42. The molecular formula is C20H40. The lowest BCUT2D eigenvalue weighted by Gasteiger charge is -2.08. The predicted molar refractivity (Wildman–Crippen MR) is 94.3 cm³/mol. The van der Waals surface area contributed by atoms with Gasteiger partial charge in [-0.25, -0.2) is 0 Å². The molecular weight excluding hydrogens is 240 g/mol. The quantitative estimate of drug-likeness (QED) is 0.213. The van der Waals surface area contributed by atoms with E-state index in [2.05, 4.69) is 32.9 Å². The zero-order valence-corrected chi connectivity index (χ0v) is 14.6. The summed E-state index contributed by atoms with van der Waals surface area (Å²) in [5.74, 6) is 0.937. The van der Waals surface area contributed by atoms with E-state index < -0.39 is 0 Å². The molecule has 0 bridgehead atoms. The van der Waals surface area contributed by atoms with Gasteiger partial charge in [-0.05, 0) is 31.6 Å². The van der Waals surface area contributed by atoms with Gasteiger partial charge in [0.05, 0.1) is 0 Å². The lowest BCUT2D eigenvalue weighted by molar-refractivity contribution is 0.459. The molecule has 1 unspecified atom stereocenters. The molecule has 0 aromatic rings. The molecule has 20 heavy (non-hydrogen) atoms. The van der Waals surface area contributed by atoms with Gasteiger partial charge in [-0.3, -0.25) is 0 Å². The molecule has 0 aromatic heterocycles. The summed E-state index contributed by atoms with van der Waals surface area (Å²) in [6, 6.07) is 0. The van der Waals surface area contributed by atoms with Crippen LogP contribution in [0.4, 0.5) is 0 Å². The van der Waals surface area contributed by atoms with E-state index in [1.165, 1.54) is 89.9 Å². The fraction of sp³-hybridized carbons (Fsp3) is 0.900. The third kappa shape index (κ3) is 15.8. The van der Waals surface area contributed by atoms with E-state index >= 15 is 0 Å². The van der Waals surface area contributed by atoms with Gasteiger partial charge in [-0.1, -0.05) is 97.1 Å². The standard InChI is InChI=1S/C20H40/c1-4-6-8-9-10-11-12-13-14-15-16-17-19-20(3)18-7-5-2/h14-15,20H,4-13,16-19H2,1-3H3/b15-14-. The fourth-order valence-corrected chi connectivity index (χ4v) is 2.74. The Morgan fingerprint density at radius 1 is 0.600 bits per heavy atom. The highest BCUT2D eigenvalue weighted by Gasteiger charge is 1.99. The van der Waals surface area contributed by atoms with Crippen LogP contribution in [0.3, 0.4) is 0 Å². The van der Waals surface area contributed by atoms with E-state index in [0.717, 1.165) is 5.92 Å². The summed E-state index contributed by atoms with van der Waals surface area (Å²) in [6.07, 6.45) is 24.4. The molecule has 0 amide bonds. The van der Waals surface area contributed by atoms with E-state index in [0.29, 0.717) is 0 Å². The van der Waals surface area contributed by atoms with Crippen LogP contribution in [0.1, 0.15) is 111 Å². The average molecular weight is 281 g/mol. The molecule has 0 aliphatic rings. The van der Waals surface area contributed by atoms with Crippen molar-refractivity contribution >= 4 is 0 Å². The van der Waals surface area contributed by atoms with Crippen molar-refractivity contribution in [2.24, 2.45) is 5.92 Å². The monoisotopic (exact) mass is 280 g/mol. The molecule has 0 nitrogen and oxygen atoms in total. The molecule has 0 heterocycles. The number of unbranched alkanes of at least 4 members (excludes halogenated alkanes) is 9. The minimum absolute atomic E-state index is 0.937. The number of rotatable bonds is 15. The summed E-state index contributed by atoms with van der Waals surface area (Å²) >= 11 is 0. The van der Waals surface area contributed by atoms with E-state index in [4.69, 9.17) is 0 Å². The summed E-state index contributed by atoms with van der Waals surface area (Å²) in [5.41, 5.74) is 0. The molecule has 0 aliphatic heterocycles. The Labute approximate surface area is 129 Å². The second-order valence-corrected chi connectivity index (χ2v) is 6.56. The van der Waals surface area contributed by atoms with Crippen molar-refractivity contribution in [2.75, 3.05) is 0 Å². The zero-order chi connectivity index (χ0) is 14.9. The Hall–Kier alpha value is -0.260. The van der Waals surface area contributed by atoms with E-state index in [9.17, 15) is 0 Å². The third-order valence-electron chi connectivity index (χ3n) is 4.26. The molecule has 0 saturated heterocycles. The van der Waals surface area contributed by atoms with Crippen molar-refractivity contribution in [3.63, 3.8) is 0 Å². The van der Waals surface area contributed by atoms with Crippen LogP contribution in [-0.2, 0) is 0 Å². The Kier molecular flexibility index (Phi) is 16.6. The van der Waals surface area contributed by atoms with Gasteiger partial charge in [0.2, 0.25) is 0 Å². The van der Waals surface area contributed by atoms with Crippen molar-refractivity contribution in [1.29, 1.82) is 0 Å². The highest BCUT2D eigenvalue weighted by atomic mass is 14.1. The van der Waals surface area contributed by atoms with E-state index in [1.807, 2.05) is 0 Å². The van der Waals surface area contributed by atoms with Crippen molar-refractivity contribution in [2.45, 2.75) is 111 Å². The number of hydrogen-bond acceptors (Lipinski definition) is 0. The molecule has 1 atom stereocenters. The molecule has 0 rings (SSSR count). The minimum Gasteiger partial charge on any atom is -0.0885 e. The SMILES string of the molecule is CCCCCCCCC/C=C\CCCC(C)CCCC. The first-order valence-electron chi connectivity index (χ1n) is 9.46. The van der Waals surface area contributed by atoms with Crippen LogP contribution in [0.25, 0.3) is 0 Å². The van der Waals surface area contributed by atoms with E-state index in [-0.39, 0.29) is 0 Å². The fourth-order valence-electron chi connectivity index (χ4n) is 2.74. The van der Waals surface area contributed by atoms with Crippen LogP contribution in [0, 0.1) is 5.92 Å². The summed E-state index contributed by atoms with van der Waals surface area (Å²) < 4.78 is 0. The molecule has 0 radical (unpaired) electrons. The van der Waals surface area contributed by atoms with Gasteiger partial charge in [0.25, 0.3) is 0 Å². The maximum atomic E-state index is 2.42. The van der Waals surface area contributed by atoms with Gasteiger partial charge in [-0.2, -0.15) is 0 Å². The number of hydrogen-bond donors (Lipinski definition) is 0. The normalized spacial score (nSPS) is 13.2. The van der Waals surface area contributed by atoms with Crippen molar-refractivity contribution in [3.05, 3.63) is 12.2 Å². The lowest BCUT2D eigenvalue weighted by atomic mass is 9.98. The van der Waals surface area contributed by atoms with Crippen molar-refractivity contribution in [3.8, 4) is 0 Å². The Morgan fingerprint density at radius 2 is 1.10 bits per heavy atom. The topological polar surface area (TPSA) is 0 Å². The molecule has 0 N–H and O–H groups in total. The molecule has 0 aromatic carbocycles. The second-order valence-electron chi connectivity index (χ2n) is 6.56. The summed E-state index contributed by atoms with van der Waals surface area (Å²) in [5, 5.41) is 0. The van der Waals surface area contributed by atoms with Gasteiger partial charge in [0.15, 0.2) is 0 Å². The highest BCUT2D eigenvalue weighted by Crippen LogP contribution is 2.15. The van der Waals surface area contributed by atoms with Gasteiger partial charge in [-0.15, -0.1) is 0 Å². The van der Waals surface area contributed by atoms with Crippen LogP contribution >= 0.6 is 0 Å². The first kappa shape index (κ1) is 19.7. The highest BCUT2D eigenvalue weighted by molar-refractivity contribution is 4.81. The third-order valence-corrected chi connectivity index (χ3v) is 4.26. The van der Waals surface area contributed by atoms with Crippen molar-refractivity contribution < 1.29 is 0 Å².